The molecule has 34 heavy (non-hydrogen) atoms. The first-order valence-electron chi connectivity index (χ1n) is 9.99. The predicted octanol–water partition coefficient (Wildman–Crippen LogP) is 3.41. The lowest BCUT2D eigenvalue weighted by Crippen LogP contribution is -2.32. The van der Waals surface area contributed by atoms with E-state index in [-0.39, 0.29) is 23.0 Å². The molecule has 1 atom stereocenters. The fourth-order valence-electron chi connectivity index (χ4n) is 3.54. The van der Waals surface area contributed by atoms with E-state index in [0.29, 0.717) is 35.1 Å². The monoisotopic (exact) mass is 518 g/mol. The van der Waals surface area contributed by atoms with Gasteiger partial charge in [-0.3, -0.25) is 5.32 Å². The molecule has 0 saturated heterocycles. The highest BCUT2D eigenvalue weighted by Crippen LogP contribution is 2.42. The highest BCUT2D eigenvalue weighted by Gasteiger charge is 2.30. The summed E-state index contributed by atoms with van der Waals surface area (Å²) in [5.74, 6) is 1.49. The Bertz CT molecular complexity index is 1360. The summed E-state index contributed by atoms with van der Waals surface area (Å²) in [6.45, 7) is 0.319. The Hall–Kier alpha value is -4.48. The van der Waals surface area contributed by atoms with Crippen molar-refractivity contribution >= 4 is 39.2 Å². The third-order valence-corrected chi connectivity index (χ3v) is 5.70. The number of methoxy groups -OCH3 is 1. The van der Waals surface area contributed by atoms with E-state index in [0.717, 1.165) is 10.0 Å². The maximum absolute atomic E-state index is 9.50. The van der Waals surface area contributed by atoms with Gasteiger partial charge in [-0.05, 0) is 35.4 Å². The second-order valence-electron chi connectivity index (χ2n) is 7.23. The molecule has 0 radical (unpaired) electrons. The fourth-order valence-corrected chi connectivity index (χ4v) is 3.80. The normalized spacial score (nSPS) is 14.0. The molecular formula is C23H19BrN8O2. The first kappa shape index (κ1) is 22.7. The molecule has 6 N–H and O–H groups in total. The van der Waals surface area contributed by atoms with Crippen LogP contribution in [-0.2, 0) is 6.61 Å². The van der Waals surface area contributed by atoms with Crippen molar-refractivity contribution in [2.45, 2.75) is 12.6 Å². The van der Waals surface area contributed by atoms with Gasteiger partial charge in [0.2, 0.25) is 5.96 Å². The van der Waals surface area contributed by atoms with Crippen molar-refractivity contribution in [2.24, 2.45) is 4.99 Å². The minimum Gasteiger partial charge on any atom is -0.493 e. The number of pyridine rings is 1. The number of aromatic nitrogens is 1. The van der Waals surface area contributed by atoms with E-state index in [1.165, 1.54) is 0 Å². The fraction of sp³-hybridized carbons (Fsp3) is 0.130. The zero-order valence-electron chi connectivity index (χ0n) is 18.0. The van der Waals surface area contributed by atoms with Crippen LogP contribution in [0.2, 0.25) is 0 Å². The van der Waals surface area contributed by atoms with Crippen molar-refractivity contribution < 1.29 is 9.47 Å². The van der Waals surface area contributed by atoms with Crippen molar-refractivity contribution in [1.29, 1.82) is 10.5 Å². The van der Waals surface area contributed by atoms with Crippen LogP contribution in [0, 0.1) is 22.8 Å². The predicted molar refractivity (Wildman–Crippen MR) is 131 cm³/mol. The van der Waals surface area contributed by atoms with E-state index in [1.807, 2.05) is 36.5 Å². The van der Waals surface area contributed by atoms with Crippen LogP contribution in [-0.4, -0.2) is 18.1 Å². The van der Waals surface area contributed by atoms with Crippen molar-refractivity contribution in [2.75, 3.05) is 23.9 Å². The van der Waals surface area contributed by atoms with E-state index < -0.39 is 6.04 Å². The standard InChI is InChI=1S/C23H19BrN8O2/c1-33-16-7-4-13(8-17(16)34-10-12-2-5-14(24)6-3-12)20-18-19(27)15(9-25)21(28)31-22(18)32-23(30-20)29-11-26/h2-8,20H,10H2,1H3,(H6,27,28,29,30,31,32). The summed E-state index contributed by atoms with van der Waals surface area (Å²) >= 11 is 3.42. The van der Waals surface area contributed by atoms with Gasteiger partial charge in [-0.15, -0.1) is 0 Å². The van der Waals surface area contributed by atoms with Crippen LogP contribution >= 0.6 is 15.9 Å². The highest BCUT2D eigenvalue weighted by molar-refractivity contribution is 9.10. The number of nitrogens with two attached hydrogens (primary N) is 2. The smallest absolute Gasteiger partial charge is 0.211 e. The number of nitrogens with one attached hydrogen (secondary N) is 2. The largest absolute Gasteiger partial charge is 0.493 e. The van der Waals surface area contributed by atoms with E-state index in [9.17, 15) is 5.26 Å². The minimum atomic E-state index is -0.687. The molecule has 1 aliphatic rings. The molecule has 0 amide bonds. The van der Waals surface area contributed by atoms with Crippen LogP contribution in [0.15, 0.2) is 51.9 Å². The number of guanidine groups is 1. The molecule has 170 valence electrons. The lowest BCUT2D eigenvalue weighted by atomic mass is 9.95. The molecule has 0 aliphatic carbocycles. The molecule has 10 nitrogen and oxygen atoms in total. The molecule has 0 bridgehead atoms. The van der Waals surface area contributed by atoms with E-state index in [1.54, 1.807) is 25.3 Å². The number of benzene rings is 2. The quantitative estimate of drug-likeness (QED) is 0.292. The van der Waals surface area contributed by atoms with Crippen LogP contribution in [0.3, 0.4) is 0 Å². The minimum absolute atomic E-state index is 0.0172. The molecule has 1 aliphatic heterocycles. The third-order valence-electron chi connectivity index (χ3n) is 5.17. The SMILES string of the molecule is COc1ccc(C2N=C(NC#N)Nc3nc(N)c(C#N)c(N)c32)cc1OCc1ccc(Br)cc1. The van der Waals surface area contributed by atoms with Crippen LogP contribution < -0.4 is 31.6 Å². The topological polar surface area (TPSA) is 167 Å². The van der Waals surface area contributed by atoms with Gasteiger partial charge in [0.1, 0.15) is 35.9 Å². The first-order valence-corrected chi connectivity index (χ1v) is 10.8. The lowest BCUT2D eigenvalue weighted by Gasteiger charge is -2.26. The van der Waals surface area contributed by atoms with Crippen molar-refractivity contribution in [3.8, 4) is 23.8 Å². The van der Waals surface area contributed by atoms with E-state index in [4.69, 9.17) is 26.2 Å². The van der Waals surface area contributed by atoms with Crippen molar-refractivity contribution in [1.82, 2.24) is 10.3 Å². The van der Waals surface area contributed by atoms with Crippen LogP contribution in [0.25, 0.3) is 0 Å². The summed E-state index contributed by atoms with van der Waals surface area (Å²) in [6, 6.07) is 14.4. The molecule has 1 unspecified atom stereocenters. The average molecular weight is 519 g/mol. The molecule has 4 rings (SSSR count). The van der Waals surface area contributed by atoms with Gasteiger partial charge < -0.3 is 26.3 Å². The summed E-state index contributed by atoms with van der Waals surface area (Å²) in [4.78, 5) is 8.84. The highest BCUT2D eigenvalue weighted by atomic mass is 79.9. The van der Waals surface area contributed by atoms with Crippen LogP contribution in [0.5, 0.6) is 11.5 Å². The number of hydrogen-bond donors (Lipinski definition) is 4. The van der Waals surface area contributed by atoms with Gasteiger partial charge >= 0.3 is 0 Å². The number of nitrogens with zero attached hydrogens (tertiary/aromatic N) is 4. The Kier molecular flexibility index (Phi) is 6.39. The van der Waals surface area contributed by atoms with E-state index in [2.05, 4.69) is 36.5 Å². The lowest BCUT2D eigenvalue weighted by molar-refractivity contribution is 0.284. The summed E-state index contributed by atoms with van der Waals surface area (Å²) in [5, 5.41) is 24.0. The van der Waals surface area contributed by atoms with Crippen LogP contribution in [0.1, 0.15) is 28.3 Å². The maximum Gasteiger partial charge on any atom is 0.211 e. The third kappa shape index (κ3) is 4.37. The molecule has 1 aromatic heterocycles. The summed E-state index contributed by atoms with van der Waals surface area (Å²) in [5.41, 5.74) is 14.6. The maximum atomic E-state index is 9.50. The van der Waals surface area contributed by atoms with Gasteiger partial charge in [-0.1, -0.05) is 34.1 Å². The molecule has 2 heterocycles. The van der Waals surface area contributed by atoms with Gasteiger partial charge in [0.05, 0.1) is 12.8 Å². The summed E-state index contributed by atoms with van der Waals surface area (Å²) in [6.07, 6.45) is 1.83. The molecule has 2 aromatic carbocycles. The Morgan fingerprint density at radius 1 is 1.15 bits per heavy atom. The van der Waals surface area contributed by atoms with Crippen molar-refractivity contribution in [3.05, 3.63) is 69.2 Å². The average Bonchev–Trinajstić information content (AvgIpc) is 2.83. The number of fused-ring (bicyclic) bond motifs is 1. The number of aliphatic imine (C=N–C) groups is 1. The first-order chi connectivity index (χ1) is 16.4. The molecule has 11 heteroatoms. The second kappa shape index (κ2) is 9.57. The molecular weight excluding hydrogens is 500 g/mol. The zero-order valence-corrected chi connectivity index (χ0v) is 19.5. The Balaban J connectivity index is 1.77. The van der Waals surface area contributed by atoms with E-state index >= 15 is 0 Å². The second-order valence-corrected chi connectivity index (χ2v) is 8.14. The Morgan fingerprint density at radius 3 is 2.59 bits per heavy atom. The number of nitrogen functional groups attached to an aromatic ring is 2. The zero-order chi connectivity index (χ0) is 24.2. The van der Waals surface area contributed by atoms with Gasteiger partial charge in [-0.25, -0.2) is 9.98 Å². The number of ether oxygens (including phenoxy) is 2. The Labute approximate surface area is 204 Å². The number of hydrogen-bond acceptors (Lipinski definition) is 10. The van der Waals surface area contributed by atoms with Gasteiger partial charge in [0, 0.05) is 10.0 Å². The van der Waals surface area contributed by atoms with Crippen molar-refractivity contribution in [3.63, 3.8) is 0 Å². The number of anilines is 3. The molecule has 0 spiro atoms. The van der Waals surface area contributed by atoms with Gasteiger partial charge in [-0.2, -0.15) is 10.5 Å². The van der Waals surface area contributed by atoms with Gasteiger partial charge in [0.15, 0.2) is 17.7 Å². The van der Waals surface area contributed by atoms with Crippen LogP contribution in [0.4, 0.5) is 17.3 Å². The Morgan fingerprint density at radius 2 is 1.91 bits per heavy atom. The summed E-state index contributed by atoms with van der Waals surface area (Å²) < 4.78 is 12.5. The number of rotatable bonds is 5. The number of halogens is 1. The molecule has 0 fully saturated rings. The van der Waals surface area contributed by atoms with Gasteiger partial charge in [0.25, 0.3) is 0 Å². The number of nitriles is 2. The summed E-state index contributed by atoms with van der Waals surface area (Å²) in [7, 11) is 1.55. The molecule has 0 saturated carbocycles. The molecule has 3 aromatic rings.